The zero-order chi connectivity index (χ0) is 25.1. The van der Waals surface area contributed by atoms with Gasteiger partial charge in [0.15, 0.2) is 11.6 Å². The van der Waals surface area contributed by atoms with Crippen molar-refractivity contribution in [3.05, 3.63) is 83.4 Å². The summed E-state index contributed by atoms with van der Waals surface area (Å²) >= 11 is 1.32. The predicted molar refractivity (Wildman–Crippen MR) is 127 cm³/mol. The number of aliphatic hydroxyl groups excluding tert-OH is 1. The van der Waals surface area contributed by atoms with Gasteiger partial charge in [0.25, 0.3) is 5.91 Å². The van der Waals surface area contributed by atoms with Gasteiger partial charge in [-0.05, 0) is 59.3 Å². The molecule has 1 aliphatic heterocycles. The van der Waals surface area contributed by atoms with Gasteiger partial charge in [0.2, 0.25) is 0 Å². The first-order valence-electron chi connectivity index (χ1n) is 10.8. The van der Waals surface area contributed by atoms with Crippen LogP contribution < -0.4 is 4.74 Å². The van der Waals surface area contributed by atoms with E-state index in [-0.39, 0.29) is 19.6 Å². The highest BCUT2D eigenvalue weighted by atomic mass is 32.2. The molecule has 1 amide bonds. The number of carboxylic acid groups (broad SMARTS) is 1. The van der Waals surface area contributed by atoms with E-state index in [4.69, 9.17) is 4.74 Å². The van der Waals surface area contributed by atoms with Gasteiger partial charge in [-0.3, -0.25) is 4.79 Å². The van der Waals surface area contributed by atoms with E-state index in [1.165, 1.54) is 28.8 Å². The molecule has 0 bridgehead atoms. The first-order chi connectivity index (χ1) is 16.8. The molecule has 182 valence electrons. The van der Waals surface area contributed by atoms with Crippen LogP contribution in [0, 0.1) is 11.6 Å². The molecule has 3 aromatic carbocycles. The molecule has 2 N–H and O–H groups in total. The minimum absolute atomic E-state index is 0.00285. The molecule has 0 radical (unpaired) electrons. The van der Waals surface area contributed by atoms with E-state index in [1.54, 1.807) is 54.8 Å². The Labute approximate surface area is 205 Å². The van der Waals surface area contributed by atoms with Crippen molar-refractivity contribution < 1.29 is 33.3 Å². The third kappa shape index (κ3) is 5.47. The van der Waals surface area contributed by atoms with Crippen molar-refractivity contribution in [3.8, 4) is 16.9 Å². The fourth-order valence-electron chi connectivity index (χ4n) is 4.05. The van der Waals surface area contributed by atoms with Gasteiger partial charge in [-0.15, -0.1) is 11.8 Å². The van der Waals surface area contributed by atoms with Crippen LogP contribution in [0.1, 0.15) is 22.3 Å². The van der Waals surface area contributed by atoms with Crippen molar-refractivity contribution >= 4 is 23.6 Å². The molecular weight excluding hydrogens is 476 g/mol. The largest absolute Gasteiger partial charge is 0.489 e. The van der Waals surface area contributed by atoms with Crippen molar-refractivity contribution in [2.24, 2.45) is 0 Å². The average molecular weight is 500 g/mol. The summed E-state index contributed by atoms with van der Waals surface area (Å²) in [5.74, 6) is -2.86. The van der Waals surface area contributed by atoms with E-state index in [9.17, 15) is 28.6 Å². The monoisotopic (exact) mass is 499 g/mol. The summed E-state index contributed by atoms with van der Waals surface area (Å²) in [6.07, 6.45) is 0.927. The Balaban J connectivity index is 1.45. The Kier molecular flexibility index (Phi) is 7.37. The van der Waals surface area contributed by atoms with Crippen LogP contribution in [0.5, 0.6) is 5.75 Å². The van der Waals surface area contributed by atoms with Crippen molar-refractivity contribution in [2.75, 3.05) is 12.8 Å². The van der Waals surface area contributed by atoms with Gasteiger partial charge in [0.05, 0.1) is 6.10 Å². The number of likely N-dealkylation sites (tertiary alicyclic amines) is 1. The topological polar surface area (TPSA) is 87.1 Å². The van der Waals surface area contributed by atoms with Gasteiger partial charge < -0.3 is 19.8 Å². The van der Waals surface area contributed by atoms with Gasteiger partial charge >= 0.3 is 5.97 Å². The molecule has 9 heteroatoms. The number of rotatable bonds is 7. The van der Waals surface area contributed by atoms with E-state index < -0.39 is 35.7 Å². The third-order valence-corrected chi connectivity index (χ3v) is 6.59. The molecule has 1 saturated heterocycles. The SMILES string of the molecule is CSc1cc(F)c(F)cc1-c1ccc(OCc2cccc(C(=O)N3CC(O)CC3C(=O)O)c2)cc1. The third-order valence-electron chi connectivity index (χ3n) is 5.81. The maximum absolute atomic E-state index is 13.8. The number of carbonyl (C=O) groups is 2. The Morgan fingerprint density at radius 2 is 1.80 bits per heavy atom. The summed E-state index contributed by atoms with van der Waals surface area (Å²) in [7, 11) is 0. The van der Waals surface area contributed by atoms with Crippen molar-refractivity contribution in [1.29, 1.82) is 0 Å². The van der Waals surface area contributed by atoms with Crippen LogP contribution in [-0.4, -0.2) is 51.9 Å². The van der Waals surface area contributed by atoms with Crippen LogP contribution >= 0.6 is 11.8 Å². The molecule has 1 fully saturated rings. The van der Waals surface area contributed by atoms with E-state index in [2.05, 4.69) is 0 Å². The number of hydrogen-bond acceptors (Lipinski definition) is 5. The summed E-state index contributed by atoms with van der Waals surface area (Å²) < 4.78 is 33.1. The number of nitrogens with zero attached hydrogens (tertiary/aromatic N) is 1. The number of carbonyl (C=O) groups excluding carboxylic acids is 1. The lowest BCUT2D eigenvalue weighted by molar-refractivity contribution is -0.141. The number of benzene rings is 3. The quantitative estimate of drug-likeness (QED) is 0.463. The number of thioether (sulfide) groups is 1. The van der Waals surface area contributed by atoms with Crippen molar-refractivity contribution in [1.82, 2.24) is 4.90 Å². The number of aliphatic hydroxyl groups is 1. The lowest BCUT2D eigenvalue weighted by Crippen LogP contribution is -2.40. The van der Waals surface area contributed by atoms with Gasteiger partial charge in [-0.25, -0.2) is 13.6 Å². The van der Waals surface area contributed by atoms with E-state index >= 15 is 0 Å². The summed E-state index contributed by atoms with van der Waals surface area (Å²) in [6, 6.07) is 14.9. The van der Waals surface area contributed by atoms with Crippen LogP contribution in [0.25, 0.3) is 11.1 Å². The smallest absolute Gasteiger partial charge is 0.326 e. The van der Waals surface area contributed by atoms with Crippen molar-refractivity contribution in [2.45, 2.75) is 30.1 Å². The van der Waals surface area contributed by atoms with Crippen LogP contribution in [0.2, 0.25) is 0 Å². The average Bonchev–Trinajstić information content (AvgIpc) is 3.26. The lowest BCUT2D eigenvalue weighted by Gasteiger charge is -2.21. The zero-order valence-corrected chi connectivity index (χ0v) is 19.6. The molecule has 0 aromatic heterocycles. The molecule has 0 saturated carbocycles. The molecule has 2 unspecified atom stereocenters. The highest BCUT2D eigenvalue weighted by Gasteiger charge is 2.39. The molecular formula is C26H23F2NO5S. The molecule has 4 rings (SSSR count). The highest BCUT2D eigenvalue weighted by Crippen LogP contribution is 2.33. The minimum atomic E-state index is -1.15. The molecule has 6 nitrogen and oxygen atoms in total. The fourth-order valence-corrected chi connectivity index (χ4v) is 4.67. The first kappa shape index (κ1) is 24.7. The standard InChI is InChI=1S/C26H23F2NO5S/c1-35-24-12-22(28)21(27)11-20(24)16-5-7-19(8-6-16)34-14-15-3-2-4-17(9-15)25(31)29-13-18(30)10-23(29)26(32)33/h2-9,11-12,18,23,30H,10,13-14H2,1H3,(H,32,33). The zero-order valence-electron chi connectivity index (χ0n) is 18.8. The van der Waals surface area contributed by atoms with E-state index in [0.29, 0.717) is 32.9 Å². The van der Waals surface area contributed by atoms with Gasteiger partial charge in [0, 0.05) is 23.4 Å². The fraction of sp³-hybridized carbons (Fsp3) is 0.231. The Bertz CT molecular complexity index is 1250. The second kappa shape index (κ2) is 10.5. The van der Waals surface area contributed by atoms with Crippen LogP contribution in [0.15, 0.2) is 65.6 Å². The maximum atomic E-state index is 13.8. The van der Waals surface area contributed by atoms with Gasteiger partial charge in [-0.2, -0.15) is 0 Å². The summed E-state index contributed by atoms with van der Waals surface area (Å²) in [6.45, 7) is 0.131. The molecule has 35 heavy (non-hydrogen) atoms. The van der Waals surface area contributed by atoms with E-state index in [0.717, 1.165) is 0 Å². The second-order valence-electron chi connectivity index (χ2n) is 8.18. The Morgan fingerprint density at radius 1 is 1.09 bits per heavy atom. The normalized spacial score (nSPS) is 17.4. The van der Waals surface area contributed by atoms with E-state index in [1.807, 2.05) is 0 Å². The summed E-state index contributed by atoms with van der Waals surface area (Å²) in [5, 5.41) is 19.2. The molecule has 3 aromatic rings. The predicted octanol–water partition coefficient (Wildman–Crippen LogP) is 4.59. The summed E-state index contributed by atoms with van der Waals surface area (Å²) in [5.41, 5.74) is 2.32. The first-order valence-corrected chi connectivity index (χ1v) is 12.1. The molecule has 1 heterocycles. The van der Waals surface area contributed by atoms with Crippen LogP contribution in [0.4, 0.5) is 8.78 Å². The number of amides is 1. The number of ether oxygens (including phenoxy) is 1. The Morgan fingerprint density at radius 3 is 2.49 bits per heavy atom. The lowest BCUT2D eigenvalue weighted by atomic mass is 10.1. The minimum Gasteiger partial charge on any atom is -0.489 e. The Hall–Kier alpha value is -3.43. The molecule has 2 atom stereocenters. The van der Waals surface area contributed by atoms with Gasteiger partial charge in [0.1, 0.15) is 18.4 Å². The number of carboxylic acids is 1. The summed E-state index contributed by atoms with van der Waals surface area (Å²) in [4.78, 5) is 26.1. The van der Waals surface area contributed by atoms with Gasteiger partial charge in [-0.1, -0.05) is 24.3 Å². The van der Waals surface area contributed by atoms with Crippen LogP contribution in [0.3, 0.4) is 0 Å². The number of aliphatic carboxylic acids is 1. The number of β-amino-alcohol motifs (C(OH)–C–C–N with tert-alkyl or cyclic N) is 1. The molecule has 0 aliphatic carbocycles. The van der Waals surface area contributed by atoms with Crippen molar-refractivity contribution in [3.63, 3.8) is 0 Å². The number of hydrogen-bond donors (Lipinski definition) is 2. The second-order valence-corrected chi connectivity index (χ2v) is 9.03. The maximum Gasteiger partial charge on any atom is 0.326 e. The molecule has 1 aliphatic rings. The highest BCUT2D eigenvalue weighted by molar-refractivity contribution is 7.98. The molecule has 0 spiro atoms. The van der Waals surface area contributed by atoms with Crippen LogP contribution in [-0.2, 0) is 11.4 Å². The number of halogens is 2.